The summed E-state index contributed by atoms with van der Waals surface area (Å²) in [5.74, 6) is -0.581. The van der Waals surface area contributed by atoms with Crippen LogP contribution in [0.2, 0.25) is 0 Å². The molecule has 1 heterocycles. The minimum atomic E-state index is -0.494. The number of carbonyl (C=O) groups is 1. The third kappa shape index (κ3) is 2.76. The Morgan fingerprint density at radius 3 is 2.84 bits per heavy atom. The number of aromatic nitrogens is 1. The fraction of sp³-hybridized carbons (Fsp3) is 0.300. The number of hydrogen-bond acceptors (Lipinski definition) is 3. The number of carbonyl (C=O) groups excluding carboxylic acids is 1. The number of rotatable bonds is 3. The molecule has 25 heavy (non-hydrogen) atoms. The minimum Gasteiger partial charge on any atom is -0.408 e. The van der Waals surface area contributed by atoms with Gasteiger partial charge in [-0.15, -0.1) is 0 Å². The molecule has 5 nitrogen and oxygen atoms in total. The van der Waals surface area contributed by atoms with Gasteiger partial charge in [-0.05, 0) is 42.5 Å². The first-order valence-electron chi connectivity index (χ1n) is 8.57. The van der Waals surface area contributed by atoms with E-state index in [0.29, 0.717) is 11.1 Å². The van der Waals surface area contributed by atoms with E-state index in [1.807, 2.05) is 31.3 Å². The van der Waals surface area contributed by atoms with Crippen molar-refractivity contribution in [1.29, 1.82) is 0 Å². The van der Waals surface area contributed by atoms with Gasteiger partial charge < -0.3 is 9.32 Å². The second-order valence-corrected chi connectivity index (χ2v) is 6.53. The molecule has 4 rings (SSSR count). The number of amides is 1. The van der Waals surface area contributed by atoms with Crippen molar-refractivity contribution in [3.05, 3.63) is 70.2 Å². The van der Waals surface area contributed by atoms with Gasteiger partial charge in [0.25, 0.3) is 0 Å². The summed E-state index contributed by atoms with van der Waals surface area (Å²) in [6.45, 7) is -0.00892. The molecular formula is C20H20N2O3. The Labute approximate surface area is 145 Å². The molecule has 0 fully saturated rings. The molecule has 0 aliphatic heterocycles. The van der Waals surface area contributed by atoms with Gasteiger partial charge in [-0.2, -0.15) is 0 Å². The Morgan fingerprint density at radius 2 is 1.96 bits per heavy atom. The molecule has 1 aromatic heterocycles. The highest BCUT2D eigenvalue weighted by atomic mass is 16.4. The van der Waals surface area contributed by atoms with E-state index >= 15 is 0 Å². The van der Waals surface area contributed by atoms with E-state index in [1.54, 1.807) is 17.0 Å². The molecule has 1 aliphatic rings. The van der Waals surface area contributed by atoms with Crippen LogP contribution in [0.4, 0.5) is 0 Å². The first-order valence-corrected chi connectivity index (χ1v) is 8.57. The largest absolute Gasteiger partial charge is 0.420 e. The van der Waals surface area contributed by atoms with Crippen LogP contribution >= 0.6 is 0 Å². The lowest BCUT2D eigenvalue weighted by atomic mass is 9.87. The molecule has 0 radical (unpaired) electrons. The summed E-state index contributed by atoms with van der Waals surface area (Å²) in [4.78, 5) is 26.7. The van der Waals surface area contributed by atoms with E-state index in [4.69, 9.17) is 4.42 Å². The van der Waals surface area contributed by atoms with Crippen molar-refractivity contribution in [2.24, 2.45) is 0 Å². The smallest absolute Gasteiger partial charge is 0.408 e. The van der Waals surface area contributed by atoms with Crippen molar-refractivity contribution in [1.82, 2.24) is 9.47 Å². The first-order chi connectivity index (χ1) is 12.1. The molecule has 5 heteroatoms. The van der Waals surface area contributed by atoms with Crippen molar-refractivity contribution in [2.75, 3.05) is 7.05 Å². The van der Waals surface area contributed by atoms with Crippen LogP contribution in [0.5, 0.6) is 0 Å². The minimum absolute atomic E-state index is 0.00892. The van der Waals surface area contributed by atoms with Crippen molar-refractivity contribution < 1.29 is 9.21 Å². The number of fused-ring (bicyclic) bond motifs is 2. The third-order valence-corrected chi connectivity index (χ3v) is 5.07. The number of aryl methyl sites for hydroxylation is 1. The van der Waals surface area contributed by atoms with Gasteiger partial charge in [-0.3, -0.25) is 9.36 Å². The molecule has 0 bridgehead atoms. The normalized spacial score (nSPS) is 16.6. The Kier molecular flexibility index (Phi) is 3.92. The molecule has 1 atom stereocenters. The second kappa shape index (κ2) is 6.24. The highest BCUT2D eigenvalue weighted by Gasteiger charge is 2.27. The number of oxazole rings is 1. The van der Waals surface area contributed by atoms with Crippen LogP contribution in [0.25, 0.3) is 11.1 Å². The summed E-state index contributed by atoms with van der Waals surface area (Å²) in [7, 11) is 1.82. The predicted octanol–water partition coefficient (Wildman–Crippen LogP) is 3.13. The molecule has 1 amide bonds. The number of hydrogen-bond donors (Lipinski definition) is 0. The third-order valence-electron chi connectivity index (χ3n) is 5.07. The average Bonchev–Trinajstić information content (AvgIpc) is 2.96. The zero-order valence-corrected chi connectivity index (χ0v) is 14.1. The molecule has 0 saturated carbocycles. The lowest BCUT2D eigenvalue weighted by molar-refractivity contribution is -0.133. The molecule has 0 unspecified atom stereocenters. The van der Waals surface area contributed by atoms with E-state index < -0.39 is 5.76 Å². The fourth-order valence-corrected chi connectivity index (χ4v) is 3.71. The van der Waals surface area contributed by atoms with Crippen LogP contribution in [-0.2, 0) is 17.8 Å². The fourth-order valence-electron chi connectivity index (χ4n) is 3.71. The van der Waals surface area contributed by atoms with Gasteiger partial charge in [0.15, 0.2) is 5.58 Å². The van der Waals surface area contributed by atoms with Crippen LogP contribution < -0.4 is 5.76 Å². The topological polar surface area (TPSA) is 55.5 Å². The van der Waals surface area contributed by atoms with Crippen molar-refractivity contribution >= 4 is 17.0 Å². The van der Waals surface area contributed by atoms with Crippen LogP contribution in [-0.4, -0.2) is 22.4 Å². The Hall–Kier alpha value is -2.82. The van der Waals surface area contributed by atoms with Gasteiger partial charge in [-0.25, -0.2) is 4.79 Å². The number of likely N-dealkylation sites (N-methyl/N-ethyl adjacent to an activating group) is 1. The zero-order valence-electron chi connectivity index (χ0n) is 14.1. The number of benzene rings is 2. The van der Waals surface area contributed by atoms with Crippen LogP contribution in [0.1, 0.15) is 30.0 Å². The molecule has 1 aliphatic carbocycles. The predicted molar refractivity (Wildman–Crippen MR) is 95.4 cm³/mol. The molecule has 0 N–H and O–H groups in total. The quantitative estimate of drug-likeness (QED) is 0.738. The van der Waals surface area contributed by atoms with E-state index in [2.05, 4.69) is 12.1 Å². The lowest BCUT2D eigenvalue weighted by Gasteiger charge is -2.33. The van der Waals surface area contributed by atoms with Gasteiger partial charge in [0.05, 0.1) is 11.6 Å². The summed E-state index contributed by atoms with van der Waals surface area (Å²) in [6, 6.07) is 15.5. The first kappa shape index (κ1) is 15.7. The van der Waals surface area contributed by atoms with Crippen LogP contribution in [0.15, 0.2) is 57.7 Å². The maximum atomic E-state index is 12.8. The monoisotopic (exact) mass is 336 g/mol. The lowest BCUT2D eigenvalue weighted by Crippen LogP contribution is -2.37. The van der Waals surface area contributed by atoms with E-state index in [-0.39, 0.29) is 18.5 Å². The SMILES string of the molecule is CN(C(=O)Cn1c(=O)oc2ccccc21)[C@H]1CCCc2ccccc21. The standard InChI is InChI=1S/C20H20N2O3/c1-21(16-11-6-8-14-7-2-3-9-15(14)16)19(23)13-22-17-10-4-5-12-18(17)25-20(22)24/h2-5,7,9-10,12,16H,6,8,11,13H2,1H3/t16-/m0/s1. The van der Waals surface area contributed by atoms with Gasteiger partial charge in [0, 0.05) is 7.05 Å². The summed E-state index contributed by atoms with van der Waals surface area (Å²) in [5, 5.41) is 0. The summed E-state index contributed by atoms with van der Waals surface area (Å²) in [6.07, 6.45) is 3.06. The van der Waals surface area contributed by atoms with Gasteiger partial charge >= 0.3 is 5.76 Å². The van der Waals surface area contributed by atoms with E-state index in [0.717, 1.165) is 19.3 Å². The molecule has 2 aromatic carbocycles. The summed E-state index contributed by atoms with van der Waals surface area (Å²) in [5.41, 5.74) is 3.68. The second-order valence-electron chi connectivity index (χ2n) is 6.53. The van der Waals surface area contributed by atoms with Gasteiger partial charge in [0.1, 0.15) is 6.54 Å². The Bertz CT molecular complexity index is 986. The maximum Gasteiger partial charge on any atom is 0.420 e. The zero-order chi connectivity index (χ0) is 17.4. The van der Waals surface area contributed by atoms with E-state index in [9.17, 15) is 9.59 Å². The molecule has 0 spiro atoms. The average molecular weight is 336 g/mol. The van der Waals surface area contributed by atoms with E-state index in [1.165, 1.54) is 15.7 Å². The summed E-state index contributed by atoms with van der Waals surface area (Å²) >= 11 is 0. The van der Waals surface area contributed by atoms with Crippen molar-refractivity contribution in [2.45, 2.75) is 31.8 Å². The molecule has 3 aromatic rings. The highest BCUT2D eigenvalue weighted by Crippen LogP contribution is 2.33. The maximum absolute atomic E-state index is 12.8. The number of nitrogens with zero attached hydrogens (tertiary/aromatic N) is 2. The molecular weight excluding hydrogens is 316 g/mol. The Morgan fingerprint density at radius 1 is 1.20 bits per heavy atom. The molecule has 128 valence electrons. The van der Waals surface area contributed by atoms with Crippen molar-refractivity contribution in [3.8, 4) is 0 Å². The number of para-hydroxylation sites is 2. The molecule has 0 saturated heterocycles. The van der Waals surface area contributed by atoms with Crippen molar-refractivity contribution in [3.63, 3.8) is 0 Å². The van der Waals surface area contributed by atoms with Gasteiger partial charge in [-0.1, -0.05) is 36.4 Å². The van der Waals surface area contributed by atoms with Gasteiger partial charge in [0.2, 0.25) is 5.91 Å². The van der Waals surface area contributed by atoms with Crippen LogP contribution in [0, 0.1) is 0 Å². The summed E-state index contributed by atoms with van der Waals surface area (Å²) < 4.78 is 6.62. The Balaban J connectivity index is 1.61. The van der Waals surface area contributed by atoms with Crippen LogP contribution in [0.3, 0.4) is 0 Å². The highest BCUT2D eigenvalue weighted by molar-refractivity contribution is 5.79.